The number of hydrogen-bond donors (Lipinski definition) is 0. The highest BCUT2D eigenvalue weighted by Gasteiger charge is 2.37. The van der Waals surface area contributed by atoms with E-state index in [0.717, 1.165) is 29.5 Å². The first-order valence-corrected chi connectivity index (χ1v) is 9.56. The van der Waals surface area contributed by atoms with Gasteiger partial charge in [-0.25, -0.2) is 0 Å². The van der Waals surface area contributed by atoms with E-state index in [1.165, 1.54) is 5.57 Å². The smallest absolute Gasteiger partial charge is 0.143 e. The minimum Gasteiger partial charge on any atom is -0.360 e. The van der Waals surface area contributed by atoms with E-state index in [2.05, 4.69) is 109 Å². The van der Waals surface area contributed by atoms with E-state index in [1.807, 2.05) is 0 Å². The third-order valence-electron chi connectivity index (χ3n) is 5.10. The Morgan fingerprint density at radius 1 is 0.667 bits per heavy atom. The van der Waals surface area contributed by atoms with Gasteiger partial charge in [0.1, 0.15) is 5.60 Å². The van der Waals surface area contributed by atoms with Gasteiger partial charge in [-0.2, -0.15) is 0 Å². The van der Waals surface area contributed by atoms with Crippen LogP contribution in [0.3, 0.4) is 0 Å². The summed E-state index contributed by atoms with van der Waals surface area (Å²) in [6.45, 7) is 0.662. The zero-order valence-corrected chi connectivity index (χ0v) is 15.4. The van der Waals surface area contributed by atoms with Crippen LogP contribution in [0.25, 0.3) is 0 Å². The van der Waals surface area contributed by atoms with Crippen LogP contribution in [-0.2, 0) is 10.3 Å². The lowest BCUT2D eigenvalue weighted by atomic mass is 9.80. The molecule has 134 valence electrons. The van der Waals surface area contributed by atoms with E-state index >= 15 is 0 Å². The second kappa shape index (κ2) is 8.20. The number of benzene rings is 3. The fourth-order valence-corrected chi connectivity index (χ4v) is 3.78. The van der Waals surface area contributed by atoms with Crippen LogP contribution in [0.1, 0.15) is 29.5 Å². The van der Waals surface area contributed by atoms with Crippen molar-refractivity contribution < 1.29 is 4.74 Å². The third-order valence-corrected chi connectivity index (χ3v) is 5.10. The molecule has 0 bridgehead atoms. The Balaban J connectivity index is 1.80. The largest absolute Gasteiger partial charge is 0.360 e. The predicted octanol–water partition coefficient (Wildman–Crippen LogP) is 6.27. The molecule has 1 nitrogen and oxygen atoms in total. The van der Waals surface area contributed by atoms with Crippen molar-refractivity contribution in [3.8, 4) is 0 Å². The molecule has 0 radical (unpaired) electrons. The maximum Gasteiger partial charge on any atom is 0.143 e. The molecule has 0 fully saturated rings. The van der Waals surface area contributed by atoms with Gasteiger partial charge in [-0.3, -0.25) is 0 Å². The van der Waals surface area contributed by atoms with E-state index in [-0.39, 0.29) is 0 Å². The number of allylic oxidation sites excluding steroid dienone is 3. The minimum absolute atomic E-state index is 0.618. The first-order valence-electron chi connectivity index (χ1n) is 9.56. The molecule has 3 aromatic rings. The summed E-state index contributed by atoms with van der Waals surface area (Å²) in [5.74, 6) is 0. The minimum atomic E-state index is -0.618. The van der Waals surface area contributed by atoms with E-state index in [4.69, 9.17) is 4.74 Å². The highest BCUT2D eigenvalue weighted by Crippen LogP contribution is 2.40. The van der Waals surface area contributed by atoms with Crippen molar-refractivity contribution in [2.24, 2.45) is 0 Å². The second-order valence-electron chi connectivity index (χ2n) is 6.79. The van der Waals surface area contributed by atoms with Gasteiger partial charge in [-0.05, 0) is 35.1 Å². The van der Waals surface area contributed by atoms with E-state index in [1.54, 1.807) is 0 Å². The van der Waals surface area contributed by atoms with E-state index < -0.39 is 5.60 Å². The summed E-state index contributed by atoms with van der Waals surface area (Å²) < 4.78 is 6.78. The highest BCUT2D eigenvalue weighted by atomic mass is 16.5. The summed E-state index contributed by atoms with van der Waals surface area (Å²) in [5, 5.41) is 0. The van der Waals surface area contributed by atoms with Gasteiger partial charge in [0.15, 0.2) is 0 Å². The van der Waals surface area contributed by atoms with Gasteiger partial charge in [0.05, 0.1) is 6.61 Å². The molecule has 0 atom stereocenters. The zero-order valence-electron chi connectivity index (χ0n) is 15.4. The topological polar surface area (TPSA) is 9.23 Å². The molecule has 27 heavy (non-hydrogen) atoms. The molecular weight excluding hydrogens is 328 g/mol. The van der Waals surface area contributed by atoms with Crippen LogP contribution in [0, 0.1) is 0 Å². The van der Waals surface area contributed by atoms with Crippen LogP contribution >= 0.6 is 0 Å². The predicted molar refractivity (Wildman–Crippen MR) is 112 cm³/mol. The summed E-state index contributed by atoms with van der Waals surface area (Å²) in [5.41, 5.74) is 4.19. The Labute approximate surface area is 161 Å². The molecule has 0 amide bonds. The monoisotopic (exact) mass is 352 g/mol. The maximum atomic E-state index is 6.78. The standard InChI is InChI=1S/C26H24O/c1-4-14-23(15-5-1)26(24-16-6-2-7-17-24,25-18-8-3-9-19-25)27-21-20-22-12-10-11-13-22/h1-10,12-19H,11,20-21H2. The maximum absolute atomic E-state index is 6.78. The van der Waals surface area contributed by atoms with Gasteiger partial charge in [-0.15, -0.1) is 0 Å². The molecule has 0 aromatic heterocycles. The van der Waals surface area contributed by atoms with Crippen molar-refractivity contribution in [1.82, 2.24) is 0 Å². The lowest BCUT2D eigenvalue weighted by molar-refractivity contribution is 0.0151. The fraction of sp³-hybridized carbons (Fsp3) is 0.154. The Morgan fingerprint density at radius 2 is 1.15 bits per heavy atom. The van der Waals surface area contributed by atoms with Crippen LogP contribution < -0.4 is 0 Å². The lowest BCUT2D eigenvalue weighted by Gasteiger charge is -2.36. The molecule has 1 heteroatoms. The second-order valence-corrected chi connectivity index (χ2v) is 6.79. The Morgan fingerprint density at radius 3 is 1.56 bits per heavy atom. The molecule has 3 aromatic carbocycles. The Hall–Kier alpha value is -2.90. The molecule has 4 rings (SSSR count). The highest BCUT2D eigenvalue weighted by molar-refractivity contribution is 5.47. The molecule has 0 unspecified atom stereocenters. The average Bonchev–Trinajstić information content (AvgIpc) is 3.27. The normalized spacial score (nSPS) is 13.6. The molecule has 0 saturated heterocycles. The van der Waals surface area contributed by atoms with Crippen LogP contribution in [0.5, 0.6) is 0 Å². The first-order chi connectivity index (χ1) is 13.4. The van der Waals surface area contributed by atoms with Crippen LogP contribution in [0.2, 0.25) is 0 Å². The van der Waals surface area contributed by atoms with E-state index in [9.17, 15) is 0 Å². The van der Waals surface area contributed by atoms with Gasteiger partial charge < -0.3 is 4.74 Å². The van der Waals surface area contributed by atoms with Gasteiger partial charge in [0.25, 0.3) is 0 Å². The van der Waals surface area contributed by atoms with E-state index in [0.29, 0.717) is 6.61 Å². The molecular formula is C26H24O. The molecule has 0 N–H and O–H groups in total. The SMILES string of the molecule is C1=CC(CCOC(c2ccccc2)(c2ccccc2)c2ccccc2)=CC1. The number of ether oxygens (including phenoxy) is 1. The molecule has 1 aliphatic rings. The van der Waals surface area contributed by atoms with Gasteiger partial charge in [-0.1, -0.05) is 109 Å². The summed E-state index contributed by atoms with van der Waals surface area (Å²) >= 11 is 0. The van der Waals surface area contributed by atoms with Crippen LogP contribution in [-0.4, -0.2) is 6.61 Å². The van der Waals surface area contributed by atoms with Crippen molar-refractivity contribution >= 4 is 0 Å². The Kier molecular flexibility index (Phi) is 5.32. The summed E-state index contributed by atoms with van der Waals surface area (Å²) in [7, 11) is 0. The summed E-state index contributed by atoms with van der Waals surface area (Å²) in [4.78, 5) is 0. The first kappa shape index (κ1) is 17.5. The van der Waals surface area contributed by atoms with Gasteiger partial charge in [0.2, 0.25) is 0 Å². The van der Waals surface area contributed by atoms with Gasteiger partial charge in [0, 0.05) is 0 Å². The average molecular weight is 352 g/mol. The summed E-state index contributed by atoms with van der Waals surface area (Å²) in [6.07, 6.45) is 8.65. The Bertz CT molecular complexity index is 812. The quantitative estimate of drug-likeness (QED) is 0.455. The fourth-order valence-electron chi connectivity index (χ4n) is 3.78. The molecule has 0 aliphatic heterocycles. The number of hydrogen-bond acceptors (Lipinski definition) is 1. The molecule has 1 aliphatic carbocycles. The zero-order chi connectivity index (χ0) is 18.4. The van der Waals surface area contributed by atoms with Crippen molar-refractivity contribution in [1.29, 1.82) is 0 Å². The van der Waals surface area contributed by atoms with Crippen LogP contribution in [0.15, 0.2) is 115 Å². The van der Waals surface area contributed by atoms with Crippen LogP contribution in [0.4, 0.5) is 0 Å². The van der Waals surface area contributed by atoms with Crippen molar-refractivity contribution in [3.05, 3.63) is 131 Å². The third kappa shape index (κ3) is 3.65. The van der Waals surface area contributed by atoms with Crippen molar-refractivity contribution in [3.63, 3.8) is 0 Å². The van der Waals surface area contributed by atoms with Crippen molar-refractivity contribution in [2.75, 3.05) is 6.61 Å². The van der Waals surface area contributed by atoms with Gasteiger partial charge >= 0.3 is 0 Å². The summed E-state index contributed by atoms with van der Waals surface area (Å²) in [6, 6.07) is 31.6. The molecule has 0 saturated carbocycles. The van der Waals surface area contributed by atoms with Crippen molar-refractivity contribution in [2.45, 2.75) is 18.4 Å². The number of rotatable bonds is 7. The molecule has 0 heterocycles. The lowest BCUT2D eigenvalue weighted by Crippen LogP contribution is -2.33. The molecule has 0 spiro atoms.